The van der Waals surface area contributed by atoms with Crippen molar-refractivity contribution in [3.05, 3.63) is 0 Å². The van der Waals surface area contributed by atoms with Gasteiger partial charge in [0, 0.05) is 32.4 Å². The van der Waals surface area contributed by atoms with Gasteiger partial charge in [-0.15, -0.1) is 0 Å². The Hall–Kier alpha value is -0.473. The van der Waals surface area contributed by atoms with Gasteiger partial charge in [0.25, 0.3) is 0 Å². The second-order valence-corrected chi connectivity index (χ2v) is 11.1. The Morgan fingerprint density at radius 1 is 0.677 bits per heavy atom. The average Bonchev–Trinajstić information content (AvgIpc) is 2.75. The molecule has 0 spiro atoms. The van der Waals surface area contributed by atoms with Crippen LogP contribution in [0, 0.1) is 0 Å². The molecule has 0 aliphatic heterocycles. The van der Waals surface area contributed by atoms with Gasteiger partial charge >= 0.3 is 14.8 Å². The van der Waals surface area contributed by atoms with E-state index in [0.29, 0.717) is 26.4 Å². The monoisotopic (exact) mass is 461 g/mol. The van der Waals surface area contributed by atoms with Gasteiger partial charge in [-0.1, -0.05) is 78.6 Å². The van der Waals surface area contributed by atoms with Gasteiger partial charge in [0.15, 0.2) is 0 Å². The molecule has 186 valence electrons. The van der Waals surface area contributed by atoms with E-state index in [4.69, 9.17) is 18.4 Å². The van der Waals surface area contributed by atoms with Crippen molar-refractivity contribution >= 4 is 14.8 Å². The van der Waals surface area contributed by atoms with Crippen LogP contribution >= 0.6 is 0 Å². The number of rotatable bonds is 25. The summed E-state index contributed by atoms with van der Waals surface area (Å²) in [5, 5.41) is 12.0. The van der Waals surface area contributed by atoms with Crippen molar-refractivity contribution in [3.8, 4) is 0 Å². The van der Waals surface area contributed by atoms with Crippen molar-refractivity contribution in [1.82, 2.24) is 5.32 Å². The van der Waals surface area contributed by atoms with Gasteiger partial charge in [-0.25, -0.2) is 0 Å². The zero-order chi connectivity index (χ0) is 23.0. The van der Waals surface area contributed by atoms with E-state index in [-0.39, 0.29) is 6.42 Å². The molecule has 31 heavy (non-hydrogen) atoms. The number of carbonyl (C=O) groups is 1. The minimum atomic E-state index is -2.71. The molecule has 0 atom stereocenters. The van der Waals surface area contributed by atoms with Crippen LogP contribution in [0.5, 0.6) is 0 Å². The predicted molar refractivity (Wildman–Crippen MR) is 131 cm³/mol. The molecular weight excluding hydrogens is 410 g/mol. The van der Waals surface area contributed by atoms with Crippen LogP contribution in [0.2, 0.25) is 6.04 Å². The zero-order valence-corrected chi connectivity index (χ0v) is 21.7. The average molecular weight is 462 g/mol. The fourth-order valence-electron chi connectivity index (χ4n) is 3.36. The van der Waals surface area contributed by atoms with E-state index in [0.717, 1.165) is 38.3 Å². The standard InChI is InChI=1S/C24H51NO5Si/c1-4-7-10-13-20-28-31(29-21-14-11-8-5-2,30-22-15-12-9-6-3)23-16-18-25-19-17-24(26)27/h25H,4-23H2,1-3H3,(H,26,27). The maximum atomic E-state index is 10.7. The second-order valence-electron chi connectivity index (χ2n) is 8.41. The molecule has 0 aromatic heterocycles. The Morgan fingerprint density at radius 3 is 1.52 bits per heavy atom. The normalized spacial score (nSPS) is 11.8. The van der Waals surface area contributed by atoms with Crippen LogP contribution in [-0.2, 0) is 18.1 Å². The van der Waals surface area contributed by atoms with E-state index in [1.165, 1.54) is 57.8 Å². The van der Waals surface area contributed by atoms with Crippen LogP contribution in [0.25, 0.3) is 0 Å². The Morgan fingerprint density at radius 2 is 1.13 bits per heavy atom. The Balaban J connectivity index is 4.73. The van der Waals surface area contributed by atoms with Gasteiger partial charge in [0.05, 0.1) is 6.42 Å². The van der Waals surface area contributed by atoms with Gasteiger partial charge in [0.2, 0.25) is 0 Å². The van der Waals surface area contributed by atoms with E-state index < -0.39 is 14.8 Å². The summed E-state index contributed by atoms with van der Waals surface area (Å²) in [5.41, 5.74) is 0. The SMILES string of the molecule is CCCCCCO[Si](CCCNCCC(=O)O)(OCCCCCC)OCCCCCC. The molecule has 0 fully saturated rings. The number of unbranched alkanes of at least 4 members (excludes halogenated alkanes) is 9. The number of carboxylic acid groups (broad SMARTS) is 1. The smallest absolute Gasteiger partial charge is 0.481 e. The molecule has 0 saturated carbocycles. The van der Waals surface area contributed by atoms with Crippen molar-refractivity contribution in [1.29, 1.82) is 0 Å². The molecule has 0 aliphatic rings. The minimum Gasteiger partial charge on any atom is -0.481 e. The summed E-state index contributed by atoms with van der Waals surface area (Å²) >= 11 is 0. The lowest BCUT2D eigenvalue weighted by Gasteiger charge is -2.30. The molecule has 0 radical (unpaired) electrons. The molecule has 0 aliphatic carbocycles. The fourth-order valence-corrected chi connectivity index (χ4v) is 6.02. The van der Waals surface area contributed by atoms with Crippen LogP contribution in [0.3, 0.4) is 0 Å². The summed E-state index contributed by atoms with van der Waals surface area (Å²) in [6.45, 7) is 10.0. The largest absolute Gasteiger partial charge is 0.501 e. The van der Waals surface area contributed by atoms with Crippen molar-refractivity contribution in [2.45, 2.75) is 117 Å². The number of hydrogen-bond acceptors (Lipinski definition) is 5. The van der Waals surface area contributed by atoms with Crippen LogP contribution in [0.1, 0.15) is 111 Å². The van der Waals surface area contributed by atoms with Gasteiger partial charge in [0.1, 0.15) is 0 Å². The first-order chi connectivity index (χ1) is 15.1. The number of hydrogen-bond donors (Lipinski definition) is 2. The number of carboxylic acids is 1. The van der Waals surface area contributed by atoms with Crippen molar-refractivity contribution < 1.29 is 23.2 Å². The Kier molecular flexibility index (Phi) is 22.4. The summed E-state index contributed by atoms with van der Waals surface area (Å²) < 4.78 is 19.2. The summed E-state index contributed by atoms with van der Waals surface area (Å²) in [4.78, 5) is 10.7. The molecule has 0 rings (SSSR count). The first-order valence-electron chi connectivity index (χ1n) is 12.9. The third-order valence-corrected chi connectivity index (χ3v) is 8.21. The molecule has 6 nitrogen and oxygen atoms in total. The molecule has 0 aromatic carbocycles. The summed E-state index contributed by atoms with van der Waals surface area (Å²) in [5.74, 6) is -0.766. The topological polar surface area (TPSA) is 77.0 Å². The predicted octanol–water partition coefficient (Wildman–Crippen LogP) is 6.17. The second kappa shape index (κ2) is 22.7. The number of aliphatic carboxylic acids is 1. The van der Waals surface area contributed by atoms with Crippen LogP contribution in [-0.4, -0.2) is 52.8 Å². The molecule has 0 aromatic rings. The van der Waals surface area contributed by atoms with Gasteiger partial charge in [-0.3, -0.25) is 4.79 Å². The number of nitrogens with one attached hydrogen (secondary N) is 1. The summed E-state index contributed by atoms with van der Waals surface area (Å²) in [6.07, 6.45) is 15.1. The van der Waals surface area contributed by atoms with Crippen LogP contribution in [0.15, 0.2) is 0 Å². The first kappa shape index (κ1) is 30.5. The maximum Gasteiger partial charge on any atom is 0.501 e. The highest BCUT2D eigenvalue weighted by Crippen LogP contribution is 2.21. The summed E-state index contributed by atoms with van der Waals surface area (Å²) in [6, 6.07) is 0.794. The van der Waals surface area contributed by atoms with E-state index in [1.54, 1.807) is 0 Å². The Bertz CT molecular complexity index is 362. The molecule has 0 heterocycles. The van der Waals surface area contributed by atoms with Crippen molar-refractivity contribution in [2.24, 2.45) is 0 Å². The van der Waals surface area contributed by atoms with Crippen LogP contribution in [0.4, 0.5) is 0 Å². The lowest BCUT2D eigenvalue weighted by Crippen LogP contribution is -2.47. The first-order valence-corrected chi connectivity index (χ1v) is 14.9. The summed E-state index contributed by atoms with van der Waals surface area (Å²) in [7, 11) is -2.71. The molecule has 0 bridgehead atoms. The van der Waals surface area contributed by atoms with E-state index >= 15 is 0 Å². The van der Waals surface area contributed by atoms with Gasteiger partial charge in [-0.2, -0.15) is 0 Å². The van der Waals surface area contributed by atoms with Crippen molar-refractivity contribution in [3.63, 3.8) is 0 Å². The highest BCUT2D eigenvalue weighted by atomic mass is 28.4. The Labute approximate surface area is 193 Å². The lowest BCUT2D eigenvalue weighted by molar-refractivity contribution is -0.136. The molecule has 0 saturated heterocycles. The third-order valence-electron chi connectivity index (χ3n) is 5.31. The molecular formula is C24H51NO5Si. The minimum absolute atomic E-state index is 0.151. The highest BCUT2D eigenvalue weighted by molar-refractivity contribution is 6.60. The van der Waals surface area contributed by atoms with Gasteiger partial charge in [-0.05, 0) is 32.2 Å². The zero-order valence-electron chi connectivity index (χ0n) is 20.7. The quantitative estimate of drug-likeness (QED) is 0.125. The fraction of sp³-hybridized carbons (Fsp3) is 0.958. The molecule has 0 unspecified atom stereocenters. The molecule has 0 amide bonds. The van der Waals surface area contributed by atoms with Crippen molar-refractivity contribution in [2.75, 3.05) is 32.9 Å². The van der Waals surface area contributed by atoms with E-state index in [2.05, 4.69) is 26.1 Å². The molecule has 7 heteroatoms. The molecule has 2 N–H and O–H groups in total. The highest BCUT2D eigenvalue weighted by Gasteiger charge is 2.40. The maximum absolute atomic E-state index is 10.7. The van der Waals surface area contributed by atoms with Gasteiger partial charge < -0.3 is 23.7 Å². The van der Waals surface area contributed by atoms with Crippen LogP contribution < -0.4 is 5.32 Å². The van der Waals surface area contributed by atoms with E-state index in [9.17, 15) is 4.79 Å². The van der Waals surface area contributed by atoms with E-state index in [1.807, 2.05) is 0 Å². The lowest BCUT2D eigenvalue weighted by atomic mass is 10.2. The third kappa shape index (κ3) is 19.9.